The molecule has 1 aromatic rings. The number of nitrogens with one attached hydrogen (secondary N) is 1. The van der Waals surface area contributed by atoms with Gasteiger partial charge in [0.05, 0.1) is 40.1 Å². The number of hydrogen-bond donors (Lipinski definition) is 1. The van der Waals surface area contributed by atoms with E-state index in [1.807, 2.05) is 18.2 Å². The maximum absolute atomic E-state index is 5.84. The van der Waals surface area contributed by atoms with Crippen LogP contribution in [0.1, 0.15) is 18.5 Å². The van der Waals surface area contributed by atoms with Crippen LogP contribution in [0.3, 0.4) is 0 Å². The first-order valence-electron chi connectivity index (χ1n) is 6.93. The Labute approximate surface area is 120 Å². The first-order chi connectivity index (χ1) is 9.78. The van der Waals surface area contributed by atoms with Crippen LogP contribution in [-0.4, -0.2) is 46.7 Å². The van der Waals surface area contributed by atoms with Gasteiger partial charge >= 0.3 is 0 Å². The molecule has 0 saturated carbocycles. The SMILES string of the molecule is CCNC(COC1COC1)c1cc(OC)ccc1OC. The van der Waals surface area contributed by atoms with Gasteiger partial charge in [-0.3, -0.25) is 0 Å². The molecule has 112 valence electrons. The standard InChI is InChI=1S/C15H23NO4/c1-4-16-14(10-20-12-8-19-9-12)13-7-11(17-2)5-6-15(13)18-3/h5-7,12,14,16H,4,8-10H2,1-3H3. The first-order valence-corrected chi connectivity index (χ1v) is 6.93. The summed E-state index contributed by atoms with van der Waals surface area (Å²) >= 11 is 0. The summed E-state index contributed by atoms with van der Waals surface area (Å²) in [6.07, 6.45) is 0.216. The molecule has 1 atom stereocenters. The molecule has 1 N–H and O–H groups in total. The molecule has 20 heavy (non-hydrogen) atoms. The van der Waals surface area contributed by atoms with E-state index in [2.05, 4.69) is 12.2 Å². The summed E-state index contributed by atoms with van der Waals surface area (Å²) in [6.45, 7) is 4.90. The van der Waals surface area contributed by atoms with E-state index in [1.165, 1.54) is 0 Å². The second kappa shape index (κ2) is 7.47. The van der Waals surface area contributed by atoms with Crippen molar-refractivity contribution in [3.05, 3.63) is 23.8 Å². The van der Waals surface area contributed by atoms with E-state index >= 15 is 0 Å². The van der Waals surface area contributed by atoms with Crippen molar-refractivity contribution in [2.45, 2.75) is 19.1 Å². The Morgan fingerprint density at radius 2 is 2.10 bits per heavy atom. The highest BCUT2D eigenvalue weighted by Crippen LogP contribution is 2.30. The highest BCUT2D eigenvalue weighted by atomic mass is 16.6. The largest absolute Gasteiger partial charge is 0.497 e. The molecule has 0 aliphatic carbocycles. The van der Waals surface area contributed by atoms with E-state index in [1.54, 1.807) is 14.2 Å². The lowest BCUT2D eigenvalue weighted by Crippen LogP contribution is -2.38. The molecule has 1 fully saturated rings. The van der Waals surface area contributed by atoms with Crippen LogP contribution in [-0.2, 0) is 9.47 Å². The molecule has 5 heteroatoms. The molecule has 0 radical (unpaired) electrons. The van der Waals surface area contributed by atoms with E-state index < -0.39 is 0 Å². The Morgan fingerprint density at radius 3 is 2.65 bits per heavy atom. The van der Waals surface area contributed by atoms with Crippen LogP contribution in [0.25, 0.3) is 0 Å². The van der Waals surface area contributed by atoms with Gasteiger partial charge in [-0.25, -0.2) is 0 Å². The minimum atomic E-state index is 0.0747. The zero-order chi connectivity index (χ0) is 14.4. The third-order valence-electron chi connectivity index (χ3n) is 3.37. The van der Waals surface area contributed by atoms with Gasteiger partial charge in [-0.2, -0.15) is 0 Å². The van der Waals surface area contributed by atoms with Crippen LogP contribution >= 0.6 is 0 Å². The molecule has 1 saturated heterocycles. The Bertz CT molecular complexity index is 420. The van der Waals surface area contributed by atoms with Gasteiger partial charge in [-0.1, -0.05) is 6.92 Å². The molecule has 0 bridgehead atoms. The van der Waals surface area contributed by atoms with Crippen LogP contribution in [0.2, 0.25) is 0 Å². The van der Waals surface area contributed by atoms with Crippen LogP contribution < -0.4 is 14.8 Å². The average molecular weight is 281 g/mol. The topological polar surface area (TPSA) is 49.0 Å². The average Bonchev–Trinajstić information content (AvgIpc) is 2.44. The lowest BCUT2D eigenvalue weighted by Gasteiger charge is -2.29. The molecule has 5 nitrogen and oxygen atoms in total. The molecule has 1 aliphatic rings. The van der Waals surface area contributed by atoms with Crippen LogP contribution in [0.4, 0.5) is 0 Å². The van der Waals surface area contributed by atoms with Crippen molar-refractivity contribution in [2.75, 3.05) is 40.6 Å². The van der Waals surface area contributed by atoms with Gasteiger partial charge in [0.1, 0.15) is 17.6 Å². The number of benzene rings is 1. The van der Waals surface area contributed by atoms with Gasteiger partial charge in [-0.15, -0.1) is 0 Å². The third kappa shape index (κ3) is 3.62. The third-order valence-corrected chi connectivity index (χ3v) is 3.37. The molecule has 2 rings (SSSR count). The van der Waals surface area contributed by atoms with Crippen molar-refractivity contribution in [3.8, 4) is 11.5 Å². The predicted octanol–water partition coefficient (Wildman–Crippen LogP) is 1.77. The van der Waals surface area contributed by atoms with Gasteiger partial charge in [-0.05, 0) is 24.7 Å². The van der Waals surface area contributed by atoms with Crippen LogP contribution in [0, 0.1) is 0 Å². The number of hydrogen-bond acceptors (Lipinski definition) is 5. The molecular formula is C15H23NO4. The first kappa shape index (κ1) is 15.1. The fourth-order valence-corrected chi connectivity index (χ4v) is 2.16. The second-order valence-corrected chi connectivity index (χ2v) is 4.71. The number of rotatable bonds is 8. The zero-order valence-corrected chi connectivity index (χ0v) is 12.3. The predicted molar refractivity (Wildman–Crippen MR) is 76.5 cm³/mol. The van der Waals surface area contributed by atoms with Gasteiger partial charge in [0.2, 0.25) is 0 Å². The van der Waals surface area contributed by atoms with Crippen molar-refractivity contribution >= 4 is 0 Å². The number of methoxy groups -OCH3 is 2. The second-order valence-electron chi connectivity index (χ2n) is 4.71. The zero-order valence-electron chi connectivity index (χ0n) is 12.3. The van der Waals surface area contributed by atoms with Crippen molar-refractivity contribution in [1.29, 1.82) is 0 Å². The molecule has 0 amide bonds. The molecular weight excluding hydrogens is 258 g/mol. The molecule has 1 heterocycles. The summed E-state index contributed by atoms with van der Waals surface area (Å²) in [4.78, 5) is 0. The quantitative estimate of drug-likeness (QED) is 0.787. The summed E-state index contributed by atoms with van der Waals surface area (Å²) in [6, 6.07) is 5.88. The van der Waals surface area contributed by atoms with E-state index in [4.69, 9.17) is 18.9 Å². The summed E-state index contributed by atoms with van der Waals surface area (Å²) in [5.74, 6) is 1.65. The van der Waals surface area contributed by atoms with E-state index in [-0.39, 0.29) is 12.1 Å². The monoisotopic (exact) mass is 281 g/mol. The molecule has 1 aliphatic heterocycles. The van der Waals surface area contributed by atoms with Crippen molar-refractivity contribution in [1.82, 2.24) is 5.32 Å². The minimum Gasteiger partial charge on any atom is -0.497 e. The Hall–Kier alpha value is -1.30. The molecule has 0 spiro atoms. The smallest absolute Gasteiger partial charge is 0.123 e. The van der Waals surface area contributed by atoms with Gasteiger partial charge in [0.25, 0.3) is 0 Å². The van der Waals surface area contributed by atoms with Crippen molar-refractivity contribution in [3.63, 3.8) is 0 Å². The Morgan fingerprint density at radius 1 is 1.30 bits per heavy atom. The van der Waals surface area contributed by atoms with Gasteiger partial charge < -0.3 is 24.3 Å². The summed E-state index contributed by atoms with van der Waals surface area (Å²) in [7, 11) is 3.34. The molecule has 1 unspecified atom stereocenters. The van der Waals surface area contributed by atoms with Crippen LogP contribution in [0.15, 0.2) is 18.2 Å². The van der Waals surface area contributed by atoms with Crippen molar-refractivity contribution in [2.24, 2.45) is 0 Å². The minimum absolute atomic E-state index is 0.0747. The van der Waals surface area contributed by atoms with E-state index in [0.29, 0.717) is 19.8 Å². The molecule has 1 aromatic carbocycles. The lowest BCUT2D eigenvalue weighted by atomic mass is 10.1. The maximum Gasteiger partial charge on any atom is 0.123 e. The number of likely N-dealkylation sites (N-methyl/N-ethyl adjacent to an activating group) is 1. The highest BCUT2D eigenvalue weighted by molar-refractivity contribution is 5.42. The van der Waals surface area contributed by atoms with Gasteiger partial charge in [0.15, 0.2) is 0 Å². The summed E-state index contributed by atoms with van der Waals surface area (Å²) in [5, 5.41) is 3.43. The summed E-state index contributed by atoms with van der Waals surface area (Å²) < 4.78 is 21.7. The van der Waals surface area contributed by atoms with E-state index in [9.17, 15) is 0 Å². The lowest BCUT2D eigenvalue weighted by molar-refractivity contribution is -0.133. The Balaban J connectivity index is 2.12. The number of ether oxygens (including phenoxy) is 4. The molecule has 0 aromatic heterocycles. The van der Waals surface area contributed by atoms with E-state index in [0.717, 1.165) is 23.6 Å². The van der Waals surface area contributed by atoms with Gasteiger partial charge in [0, 0.05) is 5.56 Å². The fourth-order valence-electron chi connectivity index (χ4n) is 2.16. The summed E-state index contributed by atoms with van der Waals surface area (Å²) in [5.41, 5.74) is 1.05. The van der Waals surface area contributed by atoms with Crippen LogP contribution in [0.5, 0.6) is 11.5 Å². The maximum atomic E-state index is 5.84. The Kier molecular flexibility index (Phi) is 5.64. The fraction of sp³-hybridized carbons (Fsp3) is 0.600. The normalized spacial score (nSPS) is 16.6. The highest BCUT2D eigenvalue weighted by Gasteiger charge is 2.23. The van der Waals surface area contributed by atoms with Crippen molar-refractivity contribution < 1.29 is 18.9 Å².